The molecule has 0 fully saturated rings. The molecule has 0 atom stereocenters. The summed E-state index contributed by atoms with van der Waals surface area (Å²) in [5, 5.41) is 11.5. The van der Waals surface area contributed by atoms with Crippen LogP contribution in [0.15, 0.2) is 91.0 Å². The van der Waals surface area contributed by atoms with E-state index in [1.807, 2.05) is 0 Å². The Morgan fingerprint density at radius 2 is 0.667 bits per heavy atom. The van der Waals surface area contributed by atoms with Gasteiger partial charge in [-0.3, -0.25) is 0 Å². The minimum absolute atomic E-state index is 0. The van der Waals surface area contributed by atoms with E-state index in [-0.39, 0.29) is 22.4 Å². The second-order valence-corrected chi connectivity index (χ2v) is 11.6. The number of nitrogens with two attached hydrogens (primary N) is 2. The van der Waals surface area contributed by atoms with Crippen molar-refractivity contribution < 1.29 is 65.6 Å². The molecule has 16 heteroatoms. The Kier molecular flexibility index (Phi) is 13.5. The number of rotatable bonds is 3. The third-order valence-electron chi connectivity index (χ3n) is 3.69. The second kappa shape index (κ2) is 14.2. The molecule has 0 heterocycles. The van der Waals surface area contributed by atoms with Crippen LogP contribution in [0.1, 0.15) is 0 Å². The van der Waals surface area contributed by atoms with Crippen LogP contribution in [0.2, 0.25) is 0 Å². The Balaban J connectivity index is 0.000000607. The van der Waals surface area contributed by atoms with Gasteiger partial charge >= 0.3 is 31.1 Å². The van der Waals surface area contributed by atoms with Crippen LogP contribution in [-0.2, 0) is 42.4 Å². The quantitative estimate of drug-likeness (QED) is 0.243. The first-order chi connectivity index (χ1) is 15.9. The number of hydrogen-bond acceptors (Lipinski definition) is 4. The molecule has 203 valence electrons. The molecule has 3 rings (SSSR count). The zero-order chi connectivity index (χ0) is 26.9. The average molecular weight is 757 g/mol. The molecule has 0 spiro atoms. The van der Waals surface area contributed by atoms with Gasteiger partial charge in [0.2, 0.25) is 0 Å². The van der Waals surface area contributed by atoms with E-state index in [0.717, 1.165) is 0 Å². The summed E-state index contributed by atoms with van der Waals surface area (Å²) in [5.74, 6) is 0. The third kappa shape index (κ3) is 11.5. The topological polar surface area (TPSA) is 120 Å². The van der Waals surface area contributed by atoms with Gasteiger partial charge in [0.1, 0.15) is 0 Å². The number of primary sulfonamides is 2. The van der Waals surface area contributed by atoms with E-state index >= 15 is 0 Å². The molecule has 0 unspecified atom stereocenters. The molecule has 0 aliphatic carbocycles. The number of hydrogen-bond donors (Lipinski definition) is 2. The van der Waals surface area contributed by atoms with Crippen LogP contribution in [-0.4, -0.2) is 27.9 Å². The Labute approximate surface area is 221 Å². The number of sulfonamides is 2. The van der Waals surface area contributed by atoms with Crippen LogP contribution >= 0.6 is 7.92 Å². The van der Waals surface area contributed by atoms with Gasteiger partial charge in [-0.05, 0) is 23.8 Å². The fourth-order valence-electron chi connectivity index (χ4n) is 2.18. The molecule has 4 N–H and O–H groups in total. The van der Waals surface area contributed by atoms with Gasteiger partial charge in [-0.1, -0.05) is 91.0 Å². The molecule has 1 radical (unpaired) electrons. The standard InChI is InChI=1S/C18H15P.2CH2F3NO2S.Au/c1-4-10-16(11-5-1)19(17-12-6-2-7-13-17)18-14-8-3-9-15-18;2*2-1(3,4)8(5,6)7;/h1-15H;2*(H2,5,6,7);. The van der Waals surface area contributed by atoms with Gasteiger partial charge in [0, 0.05) is 22.4 Å². The third-order valence-corrected chi connectivity index (χ3v) is 7.42. The molecule has 0 amide bonds. The van der Waals surface area contributed by atoms with Gasteiger partial charge < -0.3 is 0 Å². The SMILES string of the molecule is NS(=O)(=O)C(F)(F)F.NS(=O)(=O)C(F)(F)F.[Au].c1ccc(P(c2ccccc2)c2ccccc2)cc1. The van der Waals surface area contributed by atoms with E-state index in [2.05, 4.69) is 101 Å². The van der Waals surface area contributed by atoms with E-state index in [1.54, 1.807) is 0 Å². The van der Waals surface area contributed by atoms with Crippen molar-refractivity contribution in [2.24, 2.45) is 10.3 Å². The fraction of sp³-hybridized carbons (Fsp3) is 0.100. The molecule has 6 nitrogen and oxygen atoms in total. The summed E-state index contributed by atoms with van der Waals surface area (Å²) in [6.07, 6.45) is 0. The van der Waals surface area contributed by atoms with Crippen molar-refractivity contribution in [1.29, 1.82) is 0 Å². The summed E-state index contributed by atoms with van der Waals surface area (Å²) >= 11 is 0. The number of halogens is 6. The van der Waals surface area contributed by atoms with Crippen molar-refractivity contribution in [1.82, 2.24) is 0 Å². The predicted octanol–water partition coefficient (Wildman–Crippen LogP) is 3.03. The Morgan fingerprint density at radius 1 is 0.500 bits per heavy atom. The first kappa shape index (κ1) is 34.2. The minimum atomic E-state index is -5.34. The molecule has 0 saturated heterocycles. The number of alkyl halides is 6. The smallest absolute Gasteiger partial charge is 0.221 e. The Bertz CT molecular complexity index is 1130. The summed E-state index contributed by atoms with van der Waals surface area (Å²) in [4.78, 5) is 0. The largest absolute Gasteiger partial charge is 0.511 e. The van der Waals surface area contributed by atoms with Crippen LogP contribution < -0.4 is 26.2 Å². The van der Waals surface area contributed by atoms with Crippen LogP contribution in [0.5, 0.6) is 0 Å². The Morgan fingerprint density at radius 3 is 0.806 bits per heavy atom. The van der Waals surface area contributed by atoms with E-state index in [9.17, 15) is 43.2 Å². The van der Waals surface area contributed by atoms with Gasteiger partial charge in [-0.2, -0.15) is 26.3 Å². The summed E-state index contributed by atoms with van der Waals surface area (Å²) in [6.45, 7) is 0. The Hall–Kier alpha value is -1.77. The van der Waals surface area contributed by atoms with Crippen LogP contribution in [0, 0.1) is 0 Å². The second-order valence-electron chi connectivity index (χ2n) is 6.32. The van der Waals surface area contributed by atoms with Gasteiger partial charge in [-0.15, -0.1) is 0 Å². The zero-order valence-electron chi connectivity index (χ0n) is 17.8. The van der Waals surface area contributed by atoms with E-state index in [0.29, 0.717) is 0 Å². The fourth-order valence-corrected chi connectivity index (χ4v) is 4.48. The molecular weight excluding hydrogens is 738 g/mol. The van der Waals surface area contributed by atoms with Gasteiger partial charge in [-0.25, -0.2) is 27.1 Å². The maximum absolute atomic E-state index is 10.8. The summed E-state index contributed by atoms with van der Waals surface area (Å²) in [5.41, 5.74) is -10.6. The molecule has 0 aromatic heterocycles. The van der Waals surface area contributed by atoms with Crippen LogP contribution in [0.25, 0.3) is 0 Å². The minimum Gasteiger partial charge on any atom is -0.221 e. The van der Waals surface area contributed by atoms with Gasteiger partial charge in [0.25, 0.3) is 0 Å². The summed E-state index contributed by atoms with van der Waals surface area (Å²) in [6, 6.07) is 32.3. The average Bonchev–Trinajstić information content (AvgIpc) is 2.74. The molecule has 0 bridgehead atoms. The number of benzene rings is 3. The van der Waals surface area contributed by atoms with Crippen molar-refractivity contribution >= 4 is 43.9 Å². The maximum atomic E-state index is 10.8. The molecule has 0 saturated carbocycles. The first-order valence-corrected chi connectivity index (χ1v) is 13.5. The first-order valence-electron chi connectivity index (χ1n) is 9.08. The van der Waals surface area contributed by atoms with E-state index in [1.165, 1.54) is 15.9 Å². The van der Waals surface area contributed by atoms with Crippen LogP contribution in [0.4, 0.5) is 26.3 Å². The van der Waals surface area contributed by atoms with Gasteiger partial charge in [0.15, 0.2) is 0 Å². The van der Waals surface area contributed by atoms with E-state index in [4.69, 9.17) is 0 Å². The van der Waals surface area contributed by atoms with Crippen molar-refractivity contribution in [2.45, 2.75) is 11.0 Å². The predicted molar refractivity (Wildman–Crippen MR) is 123 cm³/mol. The maximum Gasteiger partial charge on any atom is 0.511 e. The normalized spacial score (nSPS) is 11.8. The van der Waals surface area contributed by atoms with Gasteiger partial charge in [0.05, 0.1) is 0 Å². The monoisotopic (exact) mass is 757 g/mol. The summed E-state index contributed by atoms with van der Waals surface area (Å²) in [7, 11) is -11.1. The molecular formula is C20H19AuF6N2O4PS2. The molecule has 0 aliphatic heterocycles. The van der Waals surface area contributed by atoms with Crippen molar-refractivity contribution in [3.8, 4) is 0 Å². The molecule has 3 aromatic carbocycles. The molecule has 36 heavy (non-hydrogen) atoms. The van der Waals surface area contributed by atoms with Crippen molar-refractivity contribution in [2.75, 3.05) is 0 Å². The zero-order valence-corrected chi connectivity index (χ0v) is 22.5. The van der Waals surface area contributed by atoms with Crippen molar-refractivity contribution in [3.63, 3.8) is 0 Å². The van der Waals surface area contributed by atoms with Crippen molar-refractivity contribution in [3.05, 3.63) is 91.0 Å². The molecule has 3 aromatic rings. The van der Waals surface area contributed by atoms with E-state index < -0.39 is 39.0 Å². The van der Waals surface area contributed by atoms with Crippen LogP contribution in [0.3, 0.4) is 0 Å². The molecule has 0 aliphatic rings. The summed E-state index contributed by atoms with van der Waals surface area (Å²) < 4.78 is 102.